The highest BCUT2D eigenvalue weighted by Crippen LogP contribution is 2.29. The average molecular weight is 591 g/mol. The summed E-state index contributed by atoms with van der Waals surface area (Å²) in [5.74, 6) is 0.0890. The van der Waals surface area contributed by atoms with Crippen molar-refractivity contribution in [3.05, 3.63) is 34.9 Å². The summed E-state index contributed by atoms with van der Waals surface area (Å²) >= 11 is 6.11. The lowest BCUT2D eigenvalue weighted by atomic mass is 9.90. The van der Waals surface area contributed by atoms with Crippen LogP contribution in [0.5, 0.6) is 0 Å². The lowest BCUT2D eigenvalue weighted by Crippen LogP contribution is -2.59. The number of halogens is 1. The second-order valence-electron chi connectivity index (χ2n) is 12.1. The van der Waals surface area contributed by atoms with Crippen LogP contribution in [0, 0.1) is 0 Å². The Morgan fingerprint density at radius 1 is 0.902 bits per heavy atom. The Morgan fingerprint density at radius 2 is 1.49 bits per heavy atom. The number of hydrogen-bond acceptors (Lipinski definition) is 5. The number of carbonyl (C=O) groups is 3. The van der Waals surface area contributed by atoms with Gasteiger partial charge in [-0.3, -0.25) is 10.2 Å². The fourth-order valence-corrected chi connectivity index (χ4v) is 6.89. The third-order valence-electron chi connectivity index (χ3n) is 8.83. The molecule has 1 atom stereocenters. The van der Waals surface area contributed by atoms with Crippen molar-refractivity contribution in [2.24, 2.45) is 0 Å². The molecule has 4 rings (SSSR count). The Hall–Kier alpha value is -2.56. The number of nitrogens with zero attached hydrogens (tertiary/aromatic N) is 3. The Kier molecular flexibility index (Phi) is 11.5. The van der Waals surface area contributed by atoms with Gasteiger partial charge in [0.05, 0.1) is 6.04 Å². The summed E-state index contributed by atoms with van der Waals surface area (Å²) in [6.45, 7) is 1.24. The second-order valence-corrected chi connectivity index (χ2v) is 12.6. The van der Waals surface area contributed by atoms with Crippen LogP contribution in [-0.4, -0.2) is 95.3 Å². The van der Waals surface area contributed by atoms with Crippen LogP contribution in [0.15, 0.2) is 24.3 Å². The van der Waals surface area contributed by atoms with Gasteiger partial charge >= 0.3 is 12.1 Å². The van der Waals surface area contributed by atoms with E-state index in [0.717, 1.165) is 69.8 Å². The van der Waals surface area contributed by atoms with Crippen molar-refractivity contribution in [2.75, 3.05) is 27.2 Å². The number of likely N-dealkylation sites (tertiary alicyclic amines) is 1. The Morgan fingerprint density at radius 3 is 2.07 bits per heavy atom. The molecule has 0 unspecified atom stereocenters. The predicted molar refractivity (Wildman–Crippen MR) is 160 cm³/mol. The quantitative estimate of drug-likeness (QED) is 0.320. The lowest BCUT2D eigenvalue weighted by Gasteiger charge is -2.44. The molecular weight excluding hydrogens is 544 g/mol. The lowest BCUT2D eigenvalue weighted by molar-refractivity contribution is -0.135. The minimum absolute atomic E-state index is 0.0354. The van der Waals surface area contributed by atoms with Crippen LogP contribution < -0.4 is 16.1 Å². The van der Waals surface area contributed by atoms with Crippen LogP contribution in [0.4, 0.5) is 9.59 Å². The van der Waals surface area contributed by atoms with Gasteiger partial charge in [-0.1, -0.05) is 43.0 Å². The molecule has 0 spiro atoms. The first-order valence-corrected chi connectivity index (χ1v) is 15.6. The number of urea groups is 1. The van der Waals surface area contributed by atoms with Gasteiger partial charge in [0.25, 0.3) is 0 Å². The van der Waals surface area contributed by atoms with Gasteiger partial charge in [0.1, 0.15) is 0 Å². The summed E-state index contributed by atoms with van der Waals surface area (Å²) in [4.78, 5) is 42.3. The van der Waals surface area contributed by atoms with E-state index < -0.39 is 6.09 Å². The molecule has 0 aromatic heterocycles. The fourth-order valence-electron chi connectivity index (χ4n) is 6.76. The fraction of sp³-hybridized carbons (Fsp3) is 0.700. The highest BCUT2D eigenvalue weighted by atomic mass is 35.5. The SMILES string of the molecule is CN(C)NC(=O)N(C1CCCCC1)C1CCN(C(=O)[C@@H](Cc2ccc(Cl)cc2)N[C@H]2CC[C@@H](NC(=O)O)CC2)CC1. The number of amides is 4. The molecule has 3 fully saturated rings. The Balaban J connectivity index is 1.40. The van der Waals surface area contributed by atoms with E-state index in [0.29, 0.717) is 24.5 Å². The normalized spacial score (nSPS) is 23.2. The molecule has 10 nitrogen and oxygen atoms in total. The molecule has 1 aromatic carbocycles. The number of carbonyl (C=O) groups excluding carboxylic acids is 2. The first-order valence-electron chi connectivity index (χ1n) is 15.2. The van der Waals surface area contributed by atoms with Crippen LogP contribution in [0.3, 0.4) is 0 Å². The van der Waals surface area contributed by atoms with Gasteiger partial charge in [-0.25, -0.2) is 14.6 Å². The molecule has 11 heteroatoms. The van der Waals surface area contributed by atoms with Crippen molar-refractivity contribution in [1.82, 2.24) is 30.9 Å². The Bertz CT molecular complexity index is 1000. The van der Waals surface area contributed by atoms with Gasteiger partial charge in [-0.15, -0.1) is 0 Å². The van der Waals surface area contributed by atoms with Crippen molar-refractivity contribution in [1.29, 1.82) is 0 Å². The smallest absolute Gasteiger partial charge is 0.404 e. The van der Waals surface area contributed by atoms with Crippen LogP contribution >= 0.6 is 11.6 Å². The number of carboxylic acid groups (broad SMARTS) is 1. The maximum atomic E-state index is 14.0. The minimum Gasteiger partial charge on any atom is -0.465 e. The maximum Gasteiger partial charge on any atom is 0.404 e. The monoisotopic (exact) mass is 590 g/mol. The molecule has 1 heterocycles. The molecule has 2 saturated carbocycles. The molecule has 3 aliphatic rings. The summed E-state index contributed by atoms with van der Waals surface area (Å²) in [5, 5.41) is 17.7. The number of nitrogens with one attached hydrogen (secondary N) is 3. The first kappa shape index (κ1) is 31.4. The van der Waals surface area contributed by atoms with E-state index in [1.54, 1.807) is 5.01 Å². The van der Waals surface area contributed by atoms with Gasteiger partial charge in [0, 0.05) is 56.4 Å². The van der Waals surface area contributed by atoms with E-state index in [2.05, 4.69) is 21.0 Å². The van der Waals surface area contributed by atoms with Gasteiger partial charge in [0.2, 0.25) is 5.91 Å². The molecule has 4 amide bonds. The first-order chi connectivity index (χ1) is 19.7. The predicted octanol–water partition coefficient (Wildman–Crippen LogP) is 4.23. The standard InChI is InChI=1S/C30H47ClN6O4/c1-35(2)34-29(39)37(25-6-4-3-5-7-25)26-16-18-36(19-17-26)28(38)27(20-21-8-10-22(31)11-9-21)32-23-12-14-24(15-13-23)33-30(40)41/h8-11,23-27,32-33H,3-7,12-20H2,1-2H3,(H,34,39)(H,40,41)/t23-,24+,27-/m1/s1. The molecule has 41 heavy (non-hydrogen) atoms. The van der Waals surface area contributed by atoms with Crippen LogP contribution in [-0.2, 0) is 11.2 Å². The van der Waals surface area contributed by atoms with E-state index in [4.69, 9.17) is 16.7 Å². The second kappa shape index (κ2) is 15.1. The van der Waals surface area contributed by atoms with Crippen LogP contribution in [0.25, 0.3) is 0 Å². The van der Waals surface area contributed by atoms with E-state index in [-0.39, 0.29) is 42.1 Å². The van der Waals surface area contributed by atoms with E-state index in [9.17, 15) is 14.4 Å². The summed E-state index contributed by atoms with van der Waals surface area (Å²) in [7, 11) is 3.67. The largest absolute Gasteiger partial charge is 0.465 e. The molecule has 1 saturated heterocycles. The minimum atomic E-state index is -0.984. The van der Waals surface area contributed by atoms with Gasteiger partial charge in [0.15, 0.2) is 0 Å². The summed E-state index contributed by atoms with van der Waals surface area (Å²) in [6.07, 6.45) is 9.85. The molecular formula is C30H47ClN6O4. The number of hydrazine groups is 1. The molecule has 0 bridgehead atoms. The third-order valence-corrected chi connectivity index (χ3v) is 9.09. The topological polar surface area (TPSA) is 117 Å². The average Bonchev–Trinajstić information content (AvgIpc) is 2.95. The summed E-state index contributed by atoms with van der Waals surface area (Å²) in [5.41, 5.74) is 4.01. The van der Waals surface area contributed by atoms with Crippen molar-refractivity contribution >= 4 is 29.6 Å². The molecule has 1 aromatic rings. The zero-order valence-corrected chi connectivity index (χ0v) is 25.2. The number of rotatable bonds is 9. The number of piperidine rings is 1. The van der Waals surface area contributed by atoms with Crippen molar-refractivity contribution < 1.29 is 19.5 Å². The summed E-state index contributed by atoms with van der Waals surface area (Å²) in [6, 6.07) is 7.70. The van der Waals surface area contributed by atoms with Gasteiger partial charge < -0.3 is 25.5 Å². The van der Waals surface area contributed by atoms with Crippen LogP contribution in [0.2, 0.25) is 5.02 Å². The zero-order chi connectivity index (χ0) is 29.4. The van der Waals surface area contributed by atoms with Crippen molar-refractivity contribution in [3.63, 3.8) is 0 Å². The highest BCUT2D eigenvalue weighted by Gasteiger charge is 2.37. The molecule has 0 radical (unpaired) electrons. The third kappa shape index (κ3) is 9.21. The van der Waals surface area contributed by atoms with E-state index in [1.807, 2.05) is 43.3 Å². The van der Waals surface area contributed by atoms with Crippen LogP contribution in [0.1, 0.15) is 76.2 Å². The maximum absolute atomic E-state index is 14.0. The van der Waals surface area contributed by atoms with Gasteiger partial charge in [-0.2, -0.15) is 0 Å². The molecule has 228 valence electrons. The molecule has 4 N–H and O–H groups in total. The van der Waals surface area contributed by atoms with Crippen molar-refractivity contribution in [2.45, 2.75) is 107 Å². The summed E-state index contributed by atoms with van der Waals surface area (Å²) < 4.78 is 0. The van der Waals surface area contributed by atoms with E-state index in [1.165, 1.54) is 6.42 Å². The van der Waals surface area contributed by atoms with Crippen molar-refractivity contribution in [3.8, 4) is 0 Å². The molecule has 2 aliphatic carbocycles. The number of benzene rings is 1. The Labute approximate surface area is 249 Å². The zero-order valence-electron chi connectivity index (χ0n) is 24.5. The van der Waals surface area contributed by atoms with E-state index >= 15 is 0 Å². The number of hydrogen-bond donors (Lipinski definition) is 4. The highest BCUT2D eigenvalue weighted by molar-refractivity contribution is 6.30. The van der Waals surface area contributed by atoms with Gasteiger partial charge in [-0.05, 0) is 75.5 Å². The molecule has 1 aliphatic heterocycles.